The van der Waals surface area contributed by atoms with E-state index in [4.69, 9.17) is 4.74 Å². The van der Waals surface area contributed by atoms with Crippen molar-refractivity contribution in [1.82, 2.24) is 5.32 Å². The maximum Gasteiger partial charge on any atom is 0.261 e. The molecule has 0 saturated heterocycles. The maximum absolute atomic E-state index is 12.5. The average Bonchev–Trinajstić information content (AvgIpc) is 2.61. The summed E-state index contributed by atoms with van der Waals surface area (Å²) in [6, 6.07) is 14.3. The van der Waals surface area contributed by atoms with Crippen molar-refractivity contribution in [2.75, 3.05) is 0 Å². The smallest absolute Gasteiger partial charge is 0.261 e. The molecule has 3 rings (SSSR count). The van der Waals surface area contributed by atoms with Gasteiger partial charge in [0, 0.05) is 0 Å². The average molecular weight is 337 g/mol. The standard InChI is InChI=1S/C22H27NO2/c1-15-8-4-7-11-21(15)16(2)23-22(24)17(3)25-20-13-12-18-9-5-6-10-19(18)14-20/h4,7-8,11-14,16-17H,5-6,9-10H2,1-3H3,(H,23,24)/t16-,17+/m1/s1. The Balaban J connectivity index is 1.62. The Morgan fingerprint density at radius 1 is 1.04 bits per heavy atom. The molecule has 1 aliphatic rings. The zero-order chi connectivity index (χ0) is 17.8. The first-order chi connectivity index (χ1) is 12.0. The molecule has 0 spiro atoms. The van der Waals surface area contributed by atoms with Gasteiger partial charge in [-0.1, -0.05) is 30.3 Å². The van der Waals surface area contributed by atoms with E-state index in [1.807, 2.05) is 25.1 Å². The fourth-order valence-electron chi connectivity index (χ4n) is 3.52. The third kappa shape index (κ3) is 4.22. The normalized spacial score (nSPS) is 15.8. The van der Waals surface area contributed by atoms with Crippen LogP contribution in [0.1, 0.15) is 55.0 Å². The molecule has 0 radical (unpaired) electrons. The minimum absolute atomic E-state index is 0.0386. The molecular formula is C22H27NO2. The Labute approximate surface area is 150 Å². The number of ether oxygens (including phenoxy) is 1. The van der Waals surface area contributed by atoms with Crippen LogP contribution in [0.5, 0.6) is 5.75 Å². The van der Waals surface area contributed by atoms with E-state index < -0.39 is 6.10 Å². The molecule has 3 heteroatoms. The van der Waals surface area contributed by atoms with E-state index in [9.17, 15) is 4.79 Å². The second kappa shape index (κ2) is 7.73. The summed E-state index contributed by atoms with van der Waals surface area (Å²) in [5.41, 5.74) is 5.10. The van der Waals surface area contributed by atoms with Crippen LogP contribution in [0.15, 0.2) is 42.5 Å². The Morgan fingerprint density at radius 2 is 1.76 bits per heavy atom. The predicted molar refractivity (Wildman–Crippen MR) is 101 cm³/mol. The largest absolute Gasteiger partial charge is 0.481 e. The predicted octanol–water partition coefficient (Wildman–Crippen LogP) is 4.52. The lowest BCUT2D eigenvalue weighted by Gasteiger charge is -2.21. The molecule has 1 amide bonds. The molecule has 1 aliphatic carbocycles. The van der Waals surface area contributed by atoms with Crippen LogP contribution in [0.3, 0.4) is 0 Å². The Bertz CT molecular complexity index is 753. The number of fused-ring (bicyclic) bond motifs is 1. The minimum atomic E-state index is -0.520. The molecule has 0 aliphatic heterocycles. The number of benzene rings is 2. The molecule has 132 valence electrons. The van der Waals surface area contributed by atoms with E-state index in [1.54, 1.807) is 6.92 Å². The highest BCUT2D eigenvalue weighted by Gasteiger charge is 2.19. The lowest BCUT2D eigenvalue weighted by atomic mass is 9.92. The van der Waals surface area contributed by atoms with Crippen molar-refractivity contribution < 1.29 is 9.53 Å². The van der Waals surface area contributed by atoms with Crippen molar-refractivity contribution in [2.45, 2.75) is 58.6 Å². The molecule has 0 heterocycles. The van der Waals surface area contributed by atoms with Gasteiger partial charge in [0.2, 0.25) is 0 Å². The number of carbonyl (C=O) groups excluding carboxylic acids is 1. The van der Waals surface area contributed by atoms with Crippen LogP contribution in [-0.2, 0) is 17.6 Å². The summed E-state index contributed by atoms with van der Waals surface area (Å²) >= 11 is 0. The van der Waals surface area contributed by atoms with E-state index >= 15 is 0 Å². The molecule has 0 fully saturated rings. The summed E-state index contributed by atoms with van der Waals surface area (Å²) in [4.78, 5) is 12.5. The number of hydrogen-bond donors (Lipinski definition) is 1. The second-order valence-corrected chi connectivity index (χ2v) is 6.98. The summed E-state index contributed by atoms with van der Waals surface area (Å²) in [5, 5.41) is 3.06. The van der Waals surface area contributed by atoms with Crippen LogP contribution in [-0.4, -0.2) is 12.0 Å². The van der Waals surface area contributed by atoms with Crippen molar-refractivity contribution in [3.05, 3.63) is 64.7 Å². The summed E-state index contributed by atoms with van der Waals surface area (Å²) in [6.45, 7) is 5.87. The number of carbonyl (C=O) groups is 1. The summed E-state index contributed by atoms with van der Waals surface area (Å²) in [6.07, 6.45) is 4.24. The fourth-order valence-corrected chi connectivity index (χ4v) is 3.52. The first-order valence-corrected chi connectivity index (χ1v) is 9.19. The third-order valence-corrected chi connectivity index (χ3v) is 5.02. The highest BCUT2D eigenvalue weighted by atomic mass is 16.5. The van der Waals surface area contributed by atoms with Crippen LogP contribution in [0, 0.1) is 6.92 Å². The highest BCUT2D eigenvalue weighted by Crippen LogP contribution is 2.26. The summed E-state index contributed by atoms with van der Waals surface area (Å²) in [5.74, 6) is 0.695. The fraction of sp³-hybridized carbons (Fsp3) is 0.409. The quantitative estimate of drug-likeness (QED) is 0.871. The maximum atomic E-state index is 12.5. The van der Waals surface area contributed by atoms with E-state index in [0.29, 0.717) is 0 Å². The van der Waals surface area contributed by atoms with Gasteiger partial charge in [-0.2, -0.15) is 0 Å². The van der Waals surface area contributed by atoms with Gasteiger partial charge in [-0.05, 0) is 80.8 Å². The van der Waals surface area contributed by atoms with Gasteiger partial charge in [0.05, 0.1) is 6.04 Å². The van der Waals surface area contributed by atoms with Crippen LogP contribution in [0.4, 0.5) is 0 Å². The lowest BCUT2D eigenvalue weighted by Crippen LogP contribution is -2.38. The lowest BCUT2D eigenvalue weighted by molar-refractivity contribution is -0.127. The van der Waals surface area contributed by atoms with Crippen LogP contribution in [0.25, 0.3) is 0 Å². The van der Waals surface area contributed by atoms with Gasteiger partial charge in [0.15, 0.2) is 6.10 Å². The zero-order valence-corrected chi connectivity index (χ0v) is 15.3. The number of aryl methyl sites for hydroxylation is 3. The van der Waals surface area contributed by atoms with Crippen molar-refractivity contribution in [3.8, 4) is 5.75 Å². The van der Waals surface area contributed by atoms with Crippen molar-refractivity contribution in [1.29, 1.82) is 0 Å². The minimum Gasteiger partial charge on any atom is -0.481 e. The van der Waals surface area contributed by atoms with E-state index in [1.165, 1.54) is 29.5 Å². The Kier molecular flexibility index (Phi) is 5.42. The van der Waals surface area contributed by atoms with E-state index in [-0.39, 0.29) is 11.9 Å². The second-order valence-electron chi connectivity index (χ2n) is 6.98. The molecule has 0 saturated carbocycles. The first-order valence-electron chi connectivity index (χ1n) is 9.19. The van der Waals surface area contributed by atoms with Crippen LogP contribution >= 0.6 is 0 Å². The number of hydrogen-bond acceptors (Lipinski definition) is 2. The van der Waals surface area contributed by atoms with Crippen LogP contribution < -0.4 is 10.1 Å². The van der Waals surface area contributed by atoms with Gasteiger partial charge in [-0.15, -0.1) is 0 Å². The van der Waals surface area contributed by atoms with Gasteiger partial charge >= 0.3 is 0 Å². The van der Waals surface area contributed by atoms with Crippen molar-refractivity contribution in [3.63, 3.8) is 0 Å². The summed E-state index contributed by atoms with van der Waals surface area (Å²) in [7, 11) is 0. The molecular weight excluding hydrogens is 310 g/mol. The van der Waals surface area contributed by atoms with E-state index in [0.717, 1.165) is 24.2 Å². The van der Waals surface area contributed by atoms with Gasteiger partial charge in [0.1, 0.15) is 5.75 Å². The number of nitrogens with one attached hydrogen (secondary N) is 1. The number of amides is 1. The first kappa shape index (κ1) is 17.5. The molecule has 2 aromatic rings. The van der Waals surface area contributed by atoms with Gasteiger partial charge in [-0.3, -0.25) is 4.79 Å². The molecule has 2 atom stereocenters. The summed E-state index contributed by atoms with van der Waals surface area (Å²) < 4.78 is 5.90. The number of rotatable bonds is 5. The van der Waals surface area contributed by atoms with E-state index in [2.05, 4.69) is 36.5 Å². The molecule has 2 aromatic carbocycles. The Hall–Kier alpha value is -2.29. The molecule has 0 aromatic heterocycles. The van der Waals surface area contributed by atoms with Gasteiger partial charge in [-0.25, -0.2) is 0 Å². The molecule has 0 bridgehead atoms. The van der Waals surface area contributed by atoms with Crippen LogP contribution in [0.2, 0.25) is 0 Å². The highest BCUT2D eigenvalue weighted by molar-refractivity contribution is 5.81. The Morgan fingerprint density at radius 3 is 2.52 bits per heavy atom. The zero-order valence-electron chi connectivity index (χ0n) is 15.3. The van der Waals surface area contributed by atoms with Crippen molar-refractivity contribution >= 4 is 5.91 Å². The van der Waals surface area contributed by atoms with Gasteiger partial charge in [0.25, 0.3) is 5.91 Å². The monoisotopic (exact) mass is 337 g/mol. The molecule has 1 N–H and O–H groups in total. The topological polar surface area (TPSA) is 38.3 Å². The SMILES string of the molecule is Cc1ccccc1[C@@H](C)NC(=O)[C@H](C)Oc1ccc2c(c1)CCCC2. The molecule has 3 nitrogen and oxygen atoms in total. The molecule has 0 unspecified atom stereocenters. The molecule has 25 heavy (non-hydrogen) atoms. The third-order valence-electron chi connectivity index (χ3n) is 5.02. The van der Waals surface area contributed by atoms with Gasteiger partial charge < -0.3 is 10.1 Å². The van der Waals surface area contributed by atoms with Crippen molar-refractivity contribution in [2.24, 2.45) is 0 Å².